The minimum absolute atomic E-state index is 0.575. The van der Waals surface area contributed by atoms with Crippen molar-refractivity contribution in [3.05, 3.63) is 212 Å². The Morgan fingerprint density at radius 3 is 1.69 bits per heavy atom. The van der Waals surface area contributed by atoms with E-state index in [-0.39, 0.29) is 0 Å². The molecule has 13 aromatic rings. The fourth-order valence-electron chi connectivity index (χ4n) is 9.48. The topological polar surface area (TPSA) is 69.6 Å². The Labute approximate surface area is 367 Å². The maximum absolute atomic E-state index is 6.38. The quantitative estimate of drug-likeness (QED) is 0.156. The van der Waals surface area contributed by atoms with E-state index >= 15 is 0 Å². The molecule has 0 atom stereocenters. The highest BCUT2D eigenvalue weighted by molar-refractivity contribution is 6.28. The highest BCUT2D eigenvalue weighted by atomic mass is 16.3. The molecule has 9 aromatic carbocycles. The van der Waals surface area contributed by atoms with E-state index in [1.54, 1.807) is 0 Å². The third-order valence-corrected chi connectivity index (χ3v) is 12.4. The summed E-state index contributed by atoms with van der Waals surface area (Å²) >= 11 is 0. The van der Waals surface area contributed by atoms with E-state index in [0.29, 0.717) is 17.5 Å². The monoisotopic (exact) mass is 817 g/mol. The van der Waals surface area contributed by atoms with E-state index in [2.05, 4.69) is 168 Å². The molecule has 0 radical (unpaired) electrons. The number of aromatic nitrogens is 5. The van der Waals surface area contributed by atoms with E-state index in [9.17, 15) is 0 Å². The van der Waals surface area contributed by atoms with Crippen LogP contribution in [0.2, 0.25) is 0 Å². The van der Waals surface area contributed by atoms with E-state index in [1.807, 2.05) is 48.5 Å². The first kappa shape index (κ1) is 36.0. The Morgan fingerprint density at radius 2 is 0.922 bits per heavy atom. The van der Waals surface area contributed by atoms with E-state index in [4.69, 9.17) is 24.4 Å². The van der Waals surface area contributed by atoms with Crippen LogP contribution >= 0.6 is 0 Å². The number of benzene rings is 9. The summed E-state index contributed by atoms with van der Waals surface area (Å²) in [4.78, 5) is 20.9. The molecule has 0 aliphatic heterocycles. The molecule has 298 valence electrons. The standard InChI is InChI=1S/C58H35N5O/c1-4-15-37(16-5-1)54-53-45(33-34-50-52(53)47-22-10-12-25-49(47)63(50)41-19-8-3-9-20-41)43-32-31-40(35-48(43)59-54)58-61-56(38-17-6-2-7-18-38)60-57(62-58)39-29-27-36(28-30-39)42-23-14-24-46-44-21-11-13-26-51(44)64-55(42)46/h1-35H. The second-order valence-electron chi connectivity index (χ2n) is 16.2. The summed E-state index contributed by atoms with van der Waals surface area (Å²) in [6.45, 7) is 0. The largest absolute Gasteiger partial charge is 0.455 e. The molecule has 4 aromatic heterocycles. The first-order chi connectivity index (χ1) is 31.7. The molecule has 0 spiro atoms. The van der Waals surface area contributed by atoms with Crippen LogP contribution in [0.15, 0.2) is 217 Å². The molecular formula is C58H35N5O. The Bertz CT molecular complexity index is 3930. The molecule has 6 nitrogen and oxygen atoms in total. The van der Waals surface area contributed by atoms with Crippen LogP contribution in [0.1, 0.15) is 0 Å². The van der Waals surface area contributed by atoms with Crippen molar-refractivity contribution >= 4 is 65.4 Å². The molecular weight excluding hydrogens is 783 g/mol. The fourth-order valence-corrected chi connectivity index (χ4v) is 9.48. The maximum atomic E-state index is 6.38. The summed E-state index contributed by atoms with van der Waals surface area (Å²) in [6, 6.07) is 73.8. The lowest BCUT2D eigenvalue weighted by Crippen LogP contribution is -2.00. The molecule has 13 rings (SSSR count). The second-order valence-corrected chi connectivity index (χ2v) is 16.2. The average molecular weight is 818 g/mol. The Hall–Kier alpha value is -8.74. The fraction of sp³-hybridized carbons (Fsp3) is 0. The zero-order chi connectivity index (χ0) is 42.1. The van der Waals surface area contributed by atoms with Gasteiger partial charge in [0.1, 0.15) is 11.2 Å². The number of hydrogen-bond acceptors (Lipinski definition) is 5. The summed E-state index contributed by atoms with van der Waals surface area (Å²) < 4.78 is 8.75. The van der Waals surface area contributed by atoms with Gasteiger partial charge in [0, 0.05) is 65.8 Å². The van der Waals surface area contributed by atoms with Crippen LogP contribution in [-0.4, -0.2) is 24.5 Å². The molecule has 0 N–H and O–H groups in total. The SMILES string of the molecule is c1ccc(-c2nc(-c3ccc(-c4cccc5c4oc4ccccc45)cc3)nc(-c3ccc4c(c3)nc(-c3ccccc3)c3c4ccc4c3c3ccccc3n4-c3ccccc3)n2)cc1. The van der Waals surface area contributed by atoms with Crippen molar-refractivity contribution in [3.63, 3.8) is 0 Å². The first-order valence-corrected chi connectivity index (χ1v) is 21.5. The average Bonchev–Trinajstić information content (AvgIpc) is 3.93. The van der Waals surface area contributed by atoms with Gasteiger partial charge in [-0.2, -0.15) is 0 Å². The molecule has 0 amide bonds. The number of furan rings is 1. The first-order valence-electron chi connectivity index (χ1n) is 21.5. The molecule has 0 aliphatic rings. The van der Waals surface area contributed by atoms with Gasteiger partial charge in [0.2, 0.25) is 0 Å². The van der Waals surface area contributed by atoms with Crippen LogP contribution in [0.5, 0.6) is 0 Å². The second kappa shape index (κ2) is 14.4. The van der Waals surface area contributed by atoms with Crippen molar-refractivity contribution in [2.45, 2.75) is 0 Å². The minimum Gasteiger partial charge on any atom is -0.455 e. The Balaban J connectivity index is 0.986. The molecule has 6 heteroatoms. The lowest BCUT2D eigenvalue weighted by Gasteiger charge is -2.14. The van der Waals surface area contributed by atoms with Crippen molar-refractivity contribution in [2.24, 2.45) is 0 Å². The number of rotatable bonds is 6. The highest BCUT2D eigenvalue weighted by Gasteiger charge is 2.21. The smallest absolute Gasteiger partial charge is 0.164 e. The molecule has 4 heterocycles. The molecule has 0 fully saturated rings. The van der Waals surface area contributed by atoms with Gasteiger partial charge >= 0.3 is 0 Å². The van der Waals surface area contributed by atoms with Crippen LogP contribution in [0.25, 0.3) is 128 Å². The van der Waals surface area contributed by atoms with E-state index in [0.717, 1.165) is 99.4 Å². The van der Waals surface area contributed by atoms with Crippen molar-refractivity contribution in [3.8, 4) is 62.2 Å². The zero-order valence-electron chi connectivity index (χ0n) is 34.4. The normalized spacial score (nSPS) is 11.8. The van der Waals surface area contributed by atoms with Crippen molar-refractivity contribution in [1.82, 2.24) is 24.5 Å². The van der Waals surface area contributed by atoms with Crippen molar-refractivity contribution in [2.75, 3.05) is 0 Å². The van der Waals surface area contributed by atoms with Crippen LogP contribution in [0.3, 0.4) is 0 Å². The molecule has 0 bridgehead atoms. The number of para-hydroxylation sites is 4. The third-order valence-electron chi connectivity index (χ3n) is 12.4. The number of nitrogens with zero attached hydrogens (tertiary/aromatic N) is 5. The van der Waals surface area contributed by atoms with Crippen LogP contribution in [0.4, 0.5) is 0 Å². The maximum Gasteiger partial charge on any atom is 0.164 e. The summed E-state index contributed by atoms with van der Waals surface area (Å²) in [5.41, 5.74) is 12.8. The van der Waals surface area contributed by atoms with Gasteiger partial charge in [-0.25, -0.2) is 19.9 Å². The highest BCUT2D eigenvalue weighted by Crippen LogP contribution is 2.43. The molecule has 0 aliphatic carbocycles. The Kier molecular flexibility index (Phi) is 8.11. The van der Waals surface area contributed by atoms with Gasteiger partial charge in [0.25, 0.3) is 0 Å². The van der Waals surface area contributed by atoms with Crippen molar-refractivity contribution < 1.29 is 4.42 Å². The van der Waals surface area contributed by atoms with Gasteiger partial charge in [-0.05, 0) is 47.3 Å². The van der Waals surface area contributed by atoms with Gasteiger partial charge in [-0.1, -0.05) is 176 Å². The van der Waals surface area contributed by atoms with E-state index in [1.165, 1.54) is 10.8 Å². The lowest BCUT2D eigenvalue weighted by atomic mass is 9.95. The number of hydrogen-bond donors (Lipinski definition) is 0. The summed E-state index contributed by atoms with van der Waals surface area (Å²) in [5.74, 6) is 1.77. The van der Waals surface area contributed by atoms with E-state index < -0.39 is 0 Å². The summed E-state index contributed by atoms with van der Waals surface area (Å²) in [7, 11) is 0. The van der Waals surface area contributed by atoms with Gasteiger partial charge in [0.15, 0.2) is 17.5 Å². The van der Waals surface area contributed by atoms with Crippen LogP contribution < -0.4 is 0 Å². The van der Waals surface area contributed by atoms with Crippen LogP contribution in [-0.2, 0) is 0 Å². The van der Waals surface area contributed by atoms with Crippen molar-refractivity contribution in [1.29, 1.82) is 0 Å². The van der Waals surface area contributed by atoms with Crippen LogP contribution in [0, 0.1) is 0 Å². The Morgan fingerprint density at radius 1 is 0.344 bits per heavy atom. The van der Waals surface area contributed by atoms with Gasteiger partial charge in [0.05, 0.1) is 22.2 Å². The number of fused-ring (bicyclic) bond motifs is 10. The predicted octanol–water partition coefficient (Wildman–Crippen LogP) is 14.9. The molecule has 0 unspecified atom stereocenters. The molecule has 0 saturated heterocycles. The zero-order valence-corrected chi connectivity index (χ0v) is 34.4. The number of pyridine rings is 1. The predicted molar refractivity (Wildman–Crippen MR) is 261 cm³/mol. The molecule has 64 heavy (non-hydrogen) atoms. The summed E-state index contributed by atoms with van der Waals surface area (Å²) in [5, 5.41) is 7.91. The van der Waals surface area contributed by atoms with Gasteiger partial charge < -0.3 is 8.98 Å². The minimum atomic E-state index is 0.575. The summed E-state index contributed by atoms with van der Waals surface area (Å²) in [6.07, 6.45) is 0. The third kappa shape index (κ3) is 5.73. The molecule has 0 saturated carbocycles. The van der Waals surface area contributed by atoms with Gasteiger partial charge in [-0.15, -0.1) is 0 Å². The van der Waals surface area contributed by atoms with Gasteiger partial charge in [-0.3, -0.25) is 0 Å². The lowest BCUT2D eigenvalue weighted by molar-refractivity contribution is 0.670.